The van der Waals surface area contributed by atoms with Gasteiger partial charge in [0.2, 0.25) is 23.6 Å². The second-order valence-electron chi connectivity index (χ2n) is 17.8. The number of hydrogen-bond donors (Lipinski definition) is 2. The normalized spacial score (nSPS) is 17.8. The number of carbonyl (C=O) groups is 2. The van der Waals surface area contributed by atoms with Crippen LogP contribution in [0, 0.1) is 0 Å². The number of imidazole rings is 1. The van der Waals surface area contributed by atoms with Gasteiger partial charge in [-0.05, 0) is 99.7 Å². The van der Waals surface area contributed by atoms with Crippen LogP contribution in [0.4, 0.5) is 11.6 Å². The van der Waals surface area contributed by atoms with Crippen molar-refractivity contribution in [2.24, 2.45) is 7.05 Å². The van der Waals surface area contributed by atoms with Crippen molar-refractivity contribution in [1.82, 2.24) is 38.9 Å². The van der Waals surface area contributed by atoms with Crippen LogP contribution in [0.2, 0.25) is 0 Å². The first kappa shape index (κ1) is 47.3. The SMILES string of the molecule is COc1cc(Nc2ncc3c(C4CCN(CCOCCOCCOCCOCCCCCc5ccc6c(c5)n(C)c(=O)n6C5CCC(=O)NC5=O)CC4)cn(C4CCCCC4)c3n2)ccn1. The van der Waals surface area contributed by atoms with Gasteiger partial charge in [0, 0.05) is 68.4 Å². The van der Waals surface area contributed by atoms with Crippen molar-refractivity contribution in [2.75, 3.05) is 84.9 Å². The number of imide groups is 1. The third-order valence-corrected chi connectivity index (χ3v) is 13.4. The molecule has 356 valence electrons. The molecule has 1 unspecified atom stereocenters. The van der Waals surface area contributed by atoms with E-state index in [2.05, 4.69) is 31.3 Å². The summed E-state index contributed by atoms with van der Waals surface area (Å²) < 4.78 is 34.0. The molecule has 0 bridgehead atoms. The van der Waals surface area contributed by atoms with Gasteiger partial charge in [0.25, 0.3) is 0 Å². The molecule has 1 atom stereocenters. The van der Waals surface area contributed by atoms with Gasteiger partial charge in [0.15, 0.2) is 0 Å². The summed E-state index contributed by atoms with van der Waals surface area (Å²) in [4.78, 5) is 53.7. The van der Waals surface area contributed by atoms with E-state index >= 15 is 0 Å². The number of likely N-dealkylation sites (tertiary alicyclic amines) is 1. The Morgan fingerprint density at radius 2 is 1.53 bits per heavy atom. The minimum Gasteiger partial charge on any atom is -0.481 e. The van der Waals surface area contributed by atoms with Crippen molar-refractivity contribution >= 4 is 45.5 Å². The Bertz CT molecular complexity index is 2430. The lowest BCUT2D eigenvalue weighted by Gasteiger charge is -2.31. The Kier molecular flexibility index (Phi) is 16.8. The average Bonchev–Trinajstić information content (AvgIpc) is 3.83. The van der Waals surface area contributed by atoms with E-state index in [4.69, 9.17) is 33.7 Å². The Morgan fingerprint density at radius 3 is 2.27 bits per heavy atom. The number of nitrogens with zero attached hydrogens (tertiary/aromatic N) is 7. The number of unbranched alkanes of at least 4 members (excludes halogenated alkanes) is 2. The maximum Gasteiger partial charge on any atom is 0.329 e. The Hall–Kier alpha value is -5.20. The molecular formula is C49H67N9O8. The van der Waals surface area contributed by atoms with Crippen LogP contribution < -0.4 is 21.1 Å². The van der Waals surface area contributed by atoms with E-state index in [1.807, 2.05) is 36.5 Å². The van der Waals surface area contributed by atoms with Crippen molar-refractivity contribution in [2.45, 2.75) is 101 Å². The molecule has 66 heavy (non-hydrogen) atoms. The highest BCUT2D eigenvalue weighted by Gasteiger charge is 2.31. The minimum atomic E-state index is -0.674. The number of amides is 2. The van der Waals surface area contributed by atoms with Crippen molar-refractivity contribution in [3.63, 3.8) is 0 Å². The zero-order valence-electron chi connectivity index (χ0n) is 38.7. The monoisotopic (exact) mass is 910 g/mol. The summed E-state index contributed by atoms with van der Waals surface area (Å²) in [6, 6.07) is 9.51. The highest BCUT2D eigenvalue weighted by molar-refractivity contribution is 6.00. The standard InChI is InChI=1S/C49H67N9O8/c1-55-43-31-35(12-13-41(43)58(49(55)61)42-14-15-44(59)53-47(42)60)9-5-4-8-23-63-25-27-65-29-30-66-28-26-64-24-22-56-20-17-36(18-21-56)40-34-57(38-10-6-3-7-11-38)46-39(40)33-51-48(54-46)52-37-16-19-50-45(32-37)62-2/h12-13,16,19,31-34,36,38,42H,3-11,14-15,17-18,20-30H2,1-2H3,(H,53,59,60)(H,50,51,52,54). The molecule has 17 nitrogen and oxygen atoms in total. The fourth-order valence-corrected chi connectivity index (χ4v) is 9.73. The van der Waals surface area contributed by atoms with Gasteiger partial charge in [0.05, 0.1) is 64.4 Å². The molecule has 4 aromatic heterocycles. The zero-order chi connectivity index (χ0) is 45.7. The second-order valence-corrected chi connectivity index (χ2v) is 17.8. The van der Waals surface area contributed by atoms with E-state index in [-0.39, 0.29) is 18.0 Å². The number of aryl methyl sites for hydroxylation is 2. The van der Waals surface area contributed by atoms with Crippen LogP contribution in [-0.2, 0) is 42.0 Å². The molecule has 1 aliphatic carbocycles. The smallest absolute Gasteiger partial charge is 0.329 e. The van der Waals surface area contributed by atoms with Gasteiger partial charge in [-0.25, -0.2) is 14.8 Å². The molecule has 17 heteroatoms. The van der Waals surface area contributed by atoms with Gasteiger partial charge in [-0.1, -0.05) is 31.7 Å². The van der Waals surface area contributed by atoms with E-state index in [1.54, 1.807) is 24.9 Å². The summed E-state index contributed by atoms with van der Waals surface area (Å²) in [5, 5.41) is 6.89. The number of pyridine rings is 1. The predicted octanol–water partition coefficient (Wildman–Crippen LogP) is 6.37. The van der Waals surface area contributed by atoms with Gasteiger partial charge in [0.1, 0.15) is 11.7 Å². The number of rotatable bonds is 24. The summed E-state index contributed by atoms with van der Waals surface area (Å²) in [5.41, 5.74) is 5.65. The first-order chi connectivity index (χ1) is 32.4. The molecule has 0 radical (unpaired) electrons. The molecule has 3 fully saturated rings. The molecule has 2 N–H and O–H groups in total. The Labute approximate surface area is 386 Å². The number of nitrogens with one attached hydrogen (secondary N) is 2. The topological polar surface area (TPSA) is 178 Å². The number of benzene rings is 1. The maximum atomic E-state index is 13.0. The summed E-state index contributed by atoms with van der Waals surface area (Å²) in [5.74, 6) is 0.889. The lowest BCUT2D eigenvalue weighted by Crippen LogP contribution is -2.44. The van der Waals surface area contributed by atoms with E-state index < -0.39 is 11.9 Å². The Morgan fingerprint density at radius 1 is 0.788 bits per heavy atom. The average molecular weight is 910 g/mol. The number of piperidine rings is 2. The number of ether oxygens (including phenoxy) is 5. The minimum absolute atomic E-state index is 0.225. The highest BCUT2D eigenvalue weighted by Crippen LogP contribution is 2.38. The van der Waals surface area contributed by atoms with Gasteiger partial charge in [-0.2, -0.15) is 4.98 Å². The highest BCUT2D eigenvalue weighted by atomic mass is 16.6. The van der Waals surface area contributed by atoms with Crippen LogP contribution in [0.3, 0.4) is 0 Å². The quantitative estimate of drug-likeness (QED) is 0.0516. The first-order valence-corrected chi connectivity index (χ1v) is 24.1. The van der Waals surface area contributed by atoms with Gasteiger partial charge < -0.3 is 38.5 Å². The van der Waals surface area contributed by atoms with E-state index in [1.165, 1.54) is 47.6 Å². The van der Waals surface area contributed by atoms with Gasteiger partial charge >= 0.3 is 5.69 Å². The molecule has 2 saturated heterocycles. The number of methoxy groups -OCH3 is 1. The van der Waals surface area contributed by atoms with E-state index in [0.29, 0.717) is 88.6 Å². The molecule has 2 aliphatic heterocycles. The fourth-order valence-electron chi connectivity index (χ4n) is 9.73. The first-order valence-electron chi connectivity index (χ1n) is 24.1. The molecule has 3 aliphatic rings. The second kappa shape index (κ2) is 23.5. The molecule has 0 spiro atoms. The van der Waals surface area contributed by atoms with Crippen LogP contribution in [0.25, 0.3) is 22.1 Å². The number of carbonyl (C=O) groups excluding carboxylic acids is 2. The molecule has 5 aromatic rings. The summed E-state index contributed by atoms with van der Waals surface area (Å²) in [7, 11) is 3.34. The predicted molar refractivity (Wildman–Crippen MR) is 252 cm³/mol. The van der Waals surface area contributed by atoms with Crippen LogP contribution in [0.15, 0.2) is 53.7 Å². The third-order valence-electron chi connectivity index (χ3n) is 13.4. The fraction of sp³-hybridized carbons (Fsp3) is 0.592. The van der Waals surface area contributed by atoms with Crippen molar-refractivity contribution in [3.05, 3.63) is 70.5 Å². The summed E-state index contributed by atoms with van der Waals surface area (Å²) >= 11 is 0. The van der Waals surface area contributed by atoms with Crippen LogP contribution in [-0.4, -0.2) is 125 Å². The van der Waals surface area contributed by atoms with E-state index in [0.717, 1.165) is 80.6 Å². The largest absolute Gasteiger partial charge is 0.481 e. The summed E-state index contributed by atoms with van der Waals surface area (Å²) in [6.45, 7) is 7.63. The lowest BCUT2D eigenvalue weighted by atomic mass is 9.90. The van der Waals surface area contributed by atoms with Crippen LogP contribution in [0.5, 0.6) is 5.88 Å². The molecular weight excluding hydrogens is 843 g/mol. The van der Waals surface area contributed by atoms with Gasteiger partial charge in [-0.3, -0.25) is 24.0 Å². The van der Waals surface area contributed by atoms with Gasteiger partial charge in [-0.15, -0.1) is 0 Å². The zero-order valence-corrected chi connectivity index (χ0v) is 38.7. The van der Waals surface area contributed by atoms with E-state index in [9.17, 15) is 14.4 Å². The maximum absolute atomic E-state index is 13.0. The molecule has 2 amide bonds. The number of hydrogen-bond acceptors (Lipinski definition) is 13. The molecule has 1 aromatic carbocycles. The molecule has 8 rings (SSSR count). The van der Waals surface area contributed by atoms with Crippen LogP contribution in [0.1, 0.15) is 106 Å². The number of anilines is 2. The van der Waals surface area contributed by atoms with Crippen molar-refractivity contribution in [1.29, 1.82) is 0 Å². The van der Waals surface area contributed by atoms with Crippen molar-refractivity contribution in [3.8, 4) is 5.88 Å². The molecule has 6 heterocycles. The van der Waals surface area contributed by atoms with Crippen LogP contribution >= 0.6 is 0 Å². The number of fused-ring (bicyclic) bond motifs is 2. The lowest BCUT2D eigenvalue weighted by molar-refractivity contribution is -0.135. The molecule has 1 saturated carbocycles. The Balaban J connectivity index is 0.648. The summed E-state index contributed by atoms with van der Waals surface area (Å²) in [6.07, 6.45) is 19.0. The third kappa shape index (κ3) is 12.0. The van der Waals surface area contributed by atoms with Crippen molar-refractivity contribution < 1.29 is 33.3 Å². The number of aromatic nitrogens is 6.